The zero-order valence-electron chi connectivity index (χ0n) is 10.6. The Hall–Kier alpha value is -2.16. The summed E-state index contributed by atoms with van der Waals surface area (Å²) in [7, 11) is 1.32. The van der Waals surface area contributed by atoms with Crippen molar-refractivity contribution in [1.29, 1.82) is 0 Å². The van der Waals surface area contributed by atoms with E-state index >= 15 is 0 Å². The van der Waals surface area contributed by atoms with Crippen molar-refractivity contribution in [2.75, 3.05) is 7.11 Å². The smallest absolute Gasteiger partial charge is 0.334 e. The average Bonchev–Trinajstić information content (AvgIpc) is 2.38. The Morgan fingerprint density at radius 2 is 1.89 bits per heavy atom. The van der Waals surface area contributed by atoms with Crippen LogP contribution in [-0.2, 0) is 14.3 Å². The third-order valence-electron chi connectivity index (χ3n) is 2.49. The lowest BCUT2D eigenvalue weighted by molar-refractivity contribution is -0.136. The minimum atomic E-state index is -0.443. The van der Waals surface area contributed by atoms with Gasteiger partial charge in [-0.3, -0.25) is 4.79 Å². The molecule has 3 heteroatoms. The number of methoxy groups -OCH3 is 1. The second kappa shape index (κ2) is 6.55. The summed E-state index contributed by atoms with van der Waals surface area (Å²) in [6.45, 7) is 5.08. The summed E-state index contributed by atoms with van der Waals surface area (Å²) in [5.41, 5.74) is 1.70. The molecule has 18 heavy (non-hydrogen) atoms. The van der Waals surface area contributed by atoms with E-state index in [0.717, 1.165) is 5.56 Å². The van der Waals surface area contributed by atoms with E-state index in [9.17, 15) is 9.59 Å². The SMILES string of the molecule is C=C(C/C(=C\c1ccccc1)C(=O)OC)C(C)=O. The van der Waals surface area contributed by atoms with Crippen molar-refractivity contribution in [2.24, 2.45) is 0 Å². The highest BCUT2D eigenvalue weighted by Gasteiger charge is 2.13. The lowest BCUT2D eigenvalue weighted by atomic mass is 10.0. The minimum Gasteiger partial charge on any atom is -0.466 e. The fourth-order valence-corrected chi connectivity index (χ4v) is 1.42. The molecule has 0 N–H and O–H groups in total. The first-order valence-corrected chi connectivity index (χ1v) is 5.57. The minimum absolute atomic E-state index is 0.127. The second-order valence-corrected chi connectivity index (χ2v) is 3.91. The highest BCUT2D eigenvalue weighted by molar-refractivity contribution is 5.99. The molecule has 0 amide bonds. The molecule has 0 fully saturated rings. The van der Waals surface area contributed by atoms with Crippen LogP contribution in [0.15, 0.2) is 48.1 Å². The molecule has 1 aromatic rings. The van der Waals surface area contributed by atoms with E-state index in [2.05, 4.69) is 6.58 Å². The highest BCUT2D eigenvalue weighted by Crippen LogP contribution is 2.16. The summed E-state index contributed by atoms with van der Waals surface area (Å²) in [6, 6.07) is 9.39. The van der Waals surface area contributed by atoms with Gasteiger partial charge in [0.25, 0.3) is 0 Å². The maximum atomic E-state index is 11.6. The summed E-state index contributed by atoms with van der Waals surface area (Å²) in [5.74, 6) is -0.570. The molecular weight excluding hydrogens is 228 g/mol. The Bertz CT molecular complexity index is 484. The van der Waals surface area contributed by atoms with E-state index in [1.54, 1.807) is 6.08 Å². The van der Waals surface area contributed by atoms with Gasteiger partial charge in [0.2, 0.25) is 0 Å². The average molecular weight is 244 g/mol. The number of hydrogen-bond donors (Lipinski definition) is 0. The topological polar surface area (TPSA) is 43.4 Å². The molecule has 0 heterocycles. The summed E-state index contributed by atoms with van der Waals surface area (Å²) in [4.78, 5) is 22.8. The number of ether oxygens (including phenoxy) is 1. The maximum absolute atomic E-state index is 11.6. The van der Waals surface area contributed by atoms with Crippen molar-refractivity contribution in [3.63, 3.8) is 0 Å². The molecule has 0 saturated carbocycles. The van der Waals surface area contributed by atoms with Crippen molar-refractivity contribution < 1.29 is 14.3 Å². The molecule has 0 unspecified atom stereocenters. The van der Waals surface area contributed by atoms with E-state index in [4.69, 9.17) is 4.74 Å². The molecule has 0 saturated heterocycles. The van der Waals surface area contributed by atoms with Gasteiger partial charge < -0.3 is 4.74 Å². The zero-order valence-corrected chi connectivity index (χ0v) is 10.6. The van der Waals surface area contributed by atoms with Gasteiger partial charge in [-0.05, 0) is 24.1 Å². The fourth-order valence-electron chi connectivity index (χ4n) is 1.42. The van der Waals surface area contributed by atoms with Crippen LogP contribution in [0.4, 0.5) is 0 Å². The molecular formula is C15H16O3. The largest absolute Gasteiger partial charge is 0.466 e. The second-order valence-electron chi connectivity index (χ2n) is 3.91. The van der Waals surface area contributed by atoms with Crippen LogP contribution >= 0.6 is 0 Å². The van der Waals surface area contributed by atoms with E-state index in [1.807, 2.05) is 30.3 Å². The Morgan fingerprint density at radius 1 is 1.28 bits per heavy atom. The predicted octanol–water partition coefficient (Wildman–Crippen LogP) is 2.78. The number of benzene rings is 1. The molecule has 0 atom stereocenters. The lowest BCUT2D eigenvalue weighted by Gasteiger charge is -2.06. The van der Waals surface area contributed by atoms with Crippen LogP contribution in [-0.4, -0.2) is 18.9 Å². The zero-order chi connectivity index (χ0) is 13.5. The molecule has 0 aliphatic rings. The molecule has 94 valence electrons. The number of carbonyl (C=O) groups is 2. The van der Waals surface area contributed by atoms with Gasteiger partial charge in [0, 0.05) is 12.0 Å². The summed E-state index contributed by atoms with van der Waals surface area (Å²) in [5, 5.41) is 0. The van der Waals surface area contributed by atoms with Gasteiger partial charge in [-0.1, -0.05) is 36.9 Å². The van der Waals surface area contributed by atoms with Crippen molar-refractivity contribution in [3.05, 3.63) is 53.6 Å². The van der Waals surface area contributed by atoms with E-state index in [-0.39, 0.29) is 12.2 Å². The van der Waals surface area contributed by atoms with E-state index in [0.29, 0.717) is 11.1 Å². The summed E-state index contributed by atoms with van der Waals surface area (Å²) >= 11 is 0. The van der Waals surface area contributed by atoms with Crippen LogP contribution in [0.3, 0.4) is 0 Å². The third-order valence-corrected chi connectivity index (χ3v) is 2.49. The first-order valence-electron chi connectivity index (χ1n) is 5.57. The number of allylic oxidation sites excluding steroid dienone is 1. The van der Waals surface area contributed by atoms with Crippen LogP contribution in [0.25, 0.3) is 6.08 Å². The third kappa shape index (κ3) is 4.01. The molecule has 0 aliphatic carbocycles. The van der Waals surface area contributed by atoms with Gasteiger partial charge in [0.15, 0.2) is 5.78 Å². The highest BCUT2D eigenvalue weighted by atomic mass is 16.5. The van der Waals surface area contributed by atoms with Crippen LogP contribution in [0.1, 0.15) is 18.9 Å². The molecule has 0 bridgehead atoms. The first-order chi connectivity index (χ1) is 8.54. The molecule has 0 aromatic heterocycles. The Kier molecular flexibility index (Phi) is 5.06. The molecule has 3 nitrogen and oxygen atoms in total. The van der Waals surface area contributed by atoms with Crippen LogP contribution in [0.5, 0.6) is 0 Å². The van der Waals surface area contributed by atoms with Gasteiger partial charge in [-0.2, -0.15) is 0 Å². The molecule has 0 aliphatic heterocycles. The predicted molar refractivity (Wildman–Crippen MR) is 70.9 cm³/mol. The van der Waals surface area contributed by atoms with Gasteiger partial charge in [0.05, 0.1) is 7.11 Å². The molecule has 1 rings (SSSR count). The number of ketones is 1. The van der Waals surface area contributed by atoms with Crippen LogP contribution < -0.4 is 0 Å². The number of rotatable bonds is 5. The van der Waals surface area contributed by atoms with Gasteiger partial charge in [0.1, 0.15) is 0 Å². The number of esters is 1. The Morgan fingerprint density at radius 3 is 2.39 bits per heavy atom. The van der Waals surface area contributed by atoms with Crippen molar-refractivity contribution in [2.45, 2.75) is 13.3 Å². The van der Waals surface area contributed by atoms with Crippen LogP contribution in [0, 0.1) is 0 Å². The van der Waals surface area contributed by atoms with Gasteiger partial charge in [-0.25, -0.2) is 4.79 Å². The van der Waals surface area contributed by atoms with Crippen molar-refractivity contribution in [3.8, 4) is 0 Å². The first kappa shape index (κ1) is 13.9. The lowest BCUT2D eigenvalue weighted by Crippen LogP contribution is -2.08. The standard InChI is InChI=1S/C15H16O3/c1-11(12(2)16)9-14(15(17)18-3)10-13-7-5-4-6-8-13/h4-8,10H,1,9H2,2-3H3/b14-10+. The number of Topliss-reactive ketones (excluding diaryl/α,β-unsaturated/α-hetero) is 1. The van der Waals surface area contributed by atoms with Crippen molar-refractivity contribution in [1.82, 2.24) is 0 Å². The monoisotopic (exact) mass is 244 g/mol. The normalized spacial score (nSPS) is 10.9. The van der Waals surface area contributed by atoms with Crippen LogP contribution in [0.2, 0.25) is 0 Å². The fraction of sp³-hybridized carbons (Fsp3) is 0.200. The molecule has 0 spiro atoms. The van der Waals surface area contributed by atoms with Gasteiger partial charge in [-0.15, -0.1) is 0 Å². The number of carbonyl (C=O) groups excluding carboxylic acids is 2. The Balaban J connectivity index is 2.99. The number of hydrogen-bond acceptors (Lipinski definition) is 3. The summed E-state index contributed by atoms with van der Waals surface area (Å²) in [6.07, 6.45) is 1.91. The van der Waals surface area contributed by atoms with Gasteiger partial charge >= 0.3 is 5.97 Å². The van der Waals surface area contributed by atoms with E-state index in [1.165, 1.54) is 14.0 Å². The Labute approximate surface area is 107 Å². The maximum Gasteiger partial charge on any atom is 0.334 e. The summed E-state index contributed by atoms with van der Waals surface area (Å²) < 4.78 is 4.71. The van der Waals surface area contributed by atoms with Crippen molar-refractivity contribution >= 4 is 17.8 Å². The van der Waals surface area contributed by atoms with E-state index < -0.39 is 5.97 Å². The molecule has 1 aromatic carbocycles. The quantitative estimate of drug-likeness (QED) is 0.591. The molecule has 0 radical (unpaired) electrons.